The van der Waals surface area contributed by atoms with Gasteiger partial charge in [0.25, 0.3) is 0 Å². The smallest absolute Gasteiger partial charge is 0.241 e. The number of anilines is 1. The second-order valence-corrected chi connectivity index (χ2v) is 7.58. The van der Waals surface area contributed by atoms with Gasteiger partial charge in [-0.1, -0.05) is 13.8 Å². The highest BCUT2D eigenvalue weighted by Crippen LogP contribution is 2.41. The van der Waals surface area contributed by atoms with E-state index in [-0.39, 0.29) is 22.2 Å². The number of hydrogen-bond donors (Lipinski definition) is 3. The first-order valence-corrected chi connectivity index (χ1v) is 7.80. The molecule has 1 fully saturated rings. The number of hydrogen-bond acceptors (Lipinski definition) is 4. The van der Waals surface area contributed by atoms with Gasteiger partial charge in [0, 0.05) is 22.7 Å². The van der Waals surface area contributed by atoms with Crippen LogP contribution in [-0.2, 0) is 10.0 Å². The molecule has 1 aliphatic rings. The van der Waals surface area contributed by atoms with Gasteiger partial charge >= 0.3 is 0 Å². The first-order valence-electron chi connectivity index (χ1n) is 6.31. The van der Waals surface area contributed by atoms with Crippen molar-refractivity contribution < 1.29 is 17.9 Å². The van der Waals surface area contributed by atoms with Crippen LogP contribution < -0.4 is 10.5 Å². The van der Waals surface area contributed by atoms with Gasteiger partial charge < -0.3 is 10.8 Å². The molecule has 0 heterocycles. The number of sulfonamides is 1. The summed E-state index contributed by atoms with van der Waals surface area (Å²) in [5, 5.41) is 9.62. The topological polar surface area (TPSA) is 92.4 Å². The summed E-state index contributed by atoms with van der Waals surface area (Å²) in [5.74, 6) is -0.654. The van der Waals surface area contributed by atoms with Gasteiger partial charge in [0.2, 0.25) is 10.0 Å². The lowest BCUT2D eigenvalue weighted by molar-refractivity contribution is -0.0645. The fourth-order valence-electron chi connectivity index (χ4n) is 2.19. The molecule has 0 amide bonds. The van der Waals surface area contributed by atoms with Crippen LogP contribution in [0.1, 0.15) is 25.8 Å². The minimum absolute atomic E-state index is 0.0956. The maximum Gasteiger partial charge on any atom is 0.241 e. The van der Waals surface area contributed by atoms with Gasteiger partial charge in [0.15, 0.2) is 0 Å². The van der Waals surface area contributed by atoms with Crippen LogP contribution >= 0.6 is 0 Å². The lowest BCUT2D eigenvalue weighted by Gasteiger charge is -2.49. The highest BCUT2D eigenvalue weighted by molar-refractivity contribution is 7.89. The number of benzene rings is 1. The Morgan fingerprint density at radius 2 is 2.05 bits per heavy atom. The minimum atomic E-state index is -3.86. The van der Waals surface area contributed by atoms with Crippen LogP contribution in [0, 0.1) is 18.2 Å². The molecule has 1 aromatic rings. The van der Waals surface area contributed by atoms with E-state index in [1.165, 1.54) is 13.0 Å². The number of aliphatic hydroxyl groups is 1. The number of rotatable bonds is 3. The van der Waals surface area contributed by atoms with E-state index in [0.717, 1.165) is 6.07 Å². The summed E-state index contributed by atoms with van der Waals surface area (Å²) in [4.78, 5) is -0.199. The molecule has 1 aromatic carbocycles. The highest BCUT2D eigenvalue weighted by atomic mass is 32.2. The fraction of sp³-hybridized carbons (Fsp3) is 0.538. The lowest BCUT2D eigenvalue weighted by Crippen LogP contribution is -2.61. The molecule has 1 aliphatic carbocycles. The average molecular weight is 302 g/mol. The molecular formula is C13H19FN2O3S. The summed E-state index contributed by atoms with van der Waals surface area (Å²) in [6, 6.07) is 1.81. The monoisotopic (exact) mass is 302 g/mol. The quantitative estimate of drug-likeness (QED) is 0.730. The first kappa shape index (κ1) is 15.2. The van der Waals surface area contributed by atoms with Crippen LogP contribution in [0.15, 0.2) is 17.0 Å². The third kappa shape index (κ3) is 2.41. The Morgan fingerprint density at radius 3 is 2.50 bits per heavy atom. The summed E-state index contributed by atoms with van der Waals surface area (Å²) in [6.07, 6.45) is -0.203. The Morgan fingerprint density at radius 1 is 1.45 bits per heavy atom. The number of nitrogens with one attached hydrogen (secondary N) is 1. The van der Waals surface area contributed by atoms with Crippen molar-refractivity contribution in [3.8, 4) is 0 Å². The van der Waals surface area contributed by atoms with Gasteiger partial charge in [-0.15, -0.1) is 0 Å². The van der Waals surface area contributed by atoms with E-state index in [2.05, 4.69) is 4.72 Å². The van der Waals surface area contributed by atoms with Crippen LogP contribution in [0.4, 0.5) is 10.1 Å². The van der Waals surface area contributed by atoms with Gasteiger partial charge in [-0.2, -0.15) is 0 Å². The van der Waals surface area contributed by atoms with Crippen LogP contribution in [0.25, 0.3) is 0 Å². The molecule has 0 aliphatic heterocycles. The zero-order valence-electron chi connectivity index (χ0n) is 11.6. The second kappa shape index (κ2) is 4.68. The molecular weight excluding hydrogens is 283 g/mol. The van der Waals surface area contributed by atoms with Crippen molar-refractivity contribution in [1.82, 2.24) is 4.72 Å². The molecule has 0 saturated heterocycles. The summed E-state index contributed by atoms with van der Waals surface area (Å²) in [7, 11) is -3.86. The van der Waals surface area contributed by atoms with Crippen molar-refractivity contribution in [3.05, 3.63) is 23.5 Å². The van der Waals surface area contributed by atoms with Gasteiger partial charge in [0.1, 0.15) is 5.82 Å². The van der Waals surface area contributed by atoms with E-state index in [9.17, 15) is 17.9 Å². The molecule has 5 nitrogen and oxygen atoms in total. The average Bonchev–Trinajstić information content (AvgIpc) is 2.34. The van der Waals surface area contributed by atoms with Crippen LogP contribution in [0.3, 0.4) is 0 Å². The predicted octanol–water partition coefficient (Wildman–Crippen LogP) is 1.15. The molecule has 7 heteroatoms. The summed E-state index contributed by atoms with van der Waals surface area (Å²) < 4.78 is 40.6. The standard InChI is InChI=1S/C13H19FN2O3S/c1-7-9(14)4-8(5-10(7)15)20(18,19)16-11-6-12(17)13(11,2)3/h4-5,11-12,16-17H,6,15H2,1-3H3. The maximum atomic E-state index is 13.6. The first-order chi connectivity index (χ1) is 9.05. The molecule has 20 heavy (non-hydrogen) atoms. The number of nitrogen functional groups attached to an aromatic ring is 1. The van der Waals surface area contributed by atoms with Crippen LogP contribution in [0.5, 0.6) is 0 Å². The molecule has 2 unspecified atom stereocenters. The largest absolute Gasteiger partial charge is 0.398 e. The third-order valence-electron chi connectivity index (χ3n) is 4.18. The Kier molecular flexibility index (Phi) is 3.56. The second-order valence-electron chi connectivity index (χ2n) is 5.87. The summed E-state index contributed by atoms with van der Waals surface area (Å²) >= 11 is 0. The van der Waals surface area contributed by atoms with Gasteiger partial charge in [-0.25, -0.2) is 17.5 Å². The minimum Gasteiger partial charge on any atom is -0.398 e. The Balaban J connectivity index is 2.28. The summed E-state index contributed by atoms with van der Waals surface area (Å²) in [6.45, 7) is 5.04. The number of nitrogens with two attached hydrogens (primary N) is 1. The molecule has 1 saturated carbocycles. The van der Waals surface area contributed by atoms with Crippen molar-refractivity contribution in [2.24, 2.45) is 5.41 Å². The summed E-state index contributed by atoms with van der Waals surface area (Å²) in [5.41, 5.74) is 5.38. The normalized spacial score (nSPS) is 25.2. The van der Waals surface area contributed by atoms with Crippen molar-refractivity contribution in [1.29, 1.82) is 0 Å². The molecule has 0 bridgehead atoms. The van der Waals surface area contributed by atoms with Crippen LogP contribution in [-0.4, -0.2) is 25.7 Å². The zero-order chi connectivity index (χ0) is 15.3. The molecule has 2 rings (SSSR count). The maximum absolute atomic E-state index is 13.6. The Hall–Kier alpha value is -1.18. The molecule has 4 N–H and O–H groups in total. The van der Waals surface area contributed by atoms with Crippen molar-refractivity contribution in [3.63, 3.8) is 0 Å². The predicted molar refractivity (Wildman–Crippen MR) is 74.1 cm³/mol. The van der Waals surface area contributed by atoms with Crippen molar-refractivity contribution in [2.75, 3.05) is 5.73 Å². The Labute approximate surface area is 118 Å². The Bertz CT molecular complexity index is 620. The zero-order valence-corrected chi connectivity index (χ0v) is 12.5. The van der Waals surface area contributed by atoms with Crippen molar-refractivity contribution >= 4 is 15.7 Å². The van der Waals surface area contributed by atoms with Crippen LogP contribution in [0.2, 0.25) is 0 Å². The highest BCUT2D eigenvalue weighted by Gasteiger charge is 2.49. The molecule has 0 spiro atoms. The fourth-order valence-corrected chi connectivity index (χ4v) is 3.64. The van der Waals surface area contributed by atoms with E-state index in [1.807, 2.05) is 0 Å². The van der Waals surface area contributed by atoms with Gasteiger partial charge in [-0.05, 0) is 25.5 Å². The van der Waals surface area contributed by atoms with E-state index in [4.69, 9.17) is 5.73 Å². The van der Waals surface area contributed by atoms with E-state index in [1.54, 1.807) is 13.8 Å². The van der Waals surface area contributed by atoms with Gasteiger partial charge in [0.05, 0.1) is 11.0 Å². The lowest BCUT2D eigenvalue weighted by atomic mass is 9.65. The molecule has 2 atom stereocenters. The SMILES string of the molecule is Cc1c(N)cc(S(=O)(=O)NC2CC(O)C2(C)C)cc1F. The number of aliphatic hydroxyl groups excluding tert-OH is 1. The molecule has 0 radical (unpaired) electrons. The molecule has 112 valence electrons. The molecule has 0 aromatic heterocycles. The third-order valence-corrected chi connectivity index (χ3v) is 5.63. The van der Waals surface area contributed by atoms with Gasteiger partial charge in [-0.3, -0.25) is 0 Å². The van der Waals surface area contributed by atoms with E-state index < -0.39 is 27.4 Å². The van der Waals surface area contributed by atoms with Crippen molar-refractivity contribution in [2.45, 2.75) is 44.2 Å². The number of halogens is 1. The van der Waals surface area contributed by atoms with E-state index in [0.29, 0.717) is 6.42 Å². The van der Waals surface area contributed by atoms with E-state index >= 15 is 0 Å².